The van der Waals surface area contributed by atoms with Gasteiger partial charge in [-0.05, 0) is 30.9 Å². The number of halogens is 1. The molecule has 0 aliphatic rings. The summed E-state index contributed by atoms with van der Waals surface area (Å²) in [6.45, 7) is 4.75. The van der Waals surface area contributed by atoms with Gasteiger partial charge in [-0.3, -0.25) is 9.97 Å². The van der Waals surface area contributed by atoms with Crippen LogP contribution in [0.1, 0.15) is 29.9 Å². The van der Waals surface area contributed by atoms with Gasteiger partial charge in [0, 0.05) is 25.0 Å². The number of hydrogen-bond acceptors (Lipinski definition) is 4. The predicted octanol–water partition coefficient (Wildman–Crippen LogP) is 3.35. The molecule has 0 aromatic carbocycles. The minimum Gasteiger partial charge on any atom is -0.304 e. The zero-order chi connectivity index (χ0) is 12.3. The number of thiophene rings is 1. The van der Waals surface area contributed by atoms with Gasteiger partial charge in [0.2, 0.25) is 0 Å². The minimum atomic E-state index is 0.266. The SMILES string of the molecule is Cc1cnc(CNC(C)c2csc(Cl)c2)cn1. The summed E-state index contributed by atoms with van der Waals surface area (Å²) in [6.07, 6.45) is 3.58. The van der Waals surface area contributed by atoms with E-state index in [2.05, 4.69) is 27.6 Å². The van der Waals surface area contributed by atoms with Gasteiger partial charge in [0.15, 0.2) is 0 Å². The van der Waals surface area contributed by atoms with E-state index in [1.807, 2.05) is 13.0 Å². The summed E-state index contributed by atoms with van der Waals surface area (Å²) in [5, 5.41) is 5.46. The highest BCUT2D eigenvalue weighted by molar-refractivity contribution is 7.14. The lowest BCUT2D eigenvalue weighted by atomic mass is 10.2. The fraction of sp³-hybridized carbons (Fsp3) is 0.333. The van der Waals surface area contributed by atoms with Crippen LogP contribution in [0.4, 0.5) is 0 Å². The van der Waals surface area contributed by atoms with Crippen LogP contribution < -0.4 is 5.32 Å². The maximum Gasteiger partial charge on any atom is 0.0931 e. The molecule has 0 fully saturated rings. The van der Waals surface area contributed by atoms with E-state index < -0.39 is 0 Å². The van der Waals surface area contributed by atoms with E-state index in [-0.39, 0.29) is 6.04 Å². The summed E-state index contributed by atoms with van der Waals surface area (Å²) >= 11 is 7.46. The van der Waals surface area contributed by atoms with E-state index in [0.717, 1.165) is 15.7 Å². The highest BCUT2D eigenvalue weighted by Gasteiger charge is 2.07. The van der Waals surface area contributed by atoms with Crippen LogP contribution in [0.2, 0.25) is 4.34 Å². The van der Waals surface area contributed by atoms with E-state index in [1.54, 1.807) is 23.7 Å². The summed E-state index contributed by atoms with van der Waals surface area (Å²) in [5.41, 5.74) is 3.09. The number of hydrogen-bond donors (Lipinski definition) is 1. The van der Waals surface area contributed by atoms with Crippen molar-refractivity contribution in [3.8, 4) is 0 Å². The molecule has 2 heterocycles. The van der Waals surface area contributed by atoms with Crippen molar-refractivity contribution in [2.75, 3.05) is 0 Å². The van der Waals surface area contributed by atoms with Gasteiger partial charge in [0.05, 0.1) is 15.7 Å². The Morgan fingerprint density at radius 1 is 1.41 bits per heavy atom. The van der Waals surface area contributed by atoms with Crippen molar-refractivity contribution in [3.05, 3.63) is 45.1 Å². The highest BCUT2D eigenvalue weighted by Crippen LogP contribution is 2.24. The fourth-order valence-corrected chi connectivity index (χ4v) is 2.42. The number of nitrogens with zero attached hydrogens (tertiary/aromatic N) is 2. The molecule has 0 amide bonds. The molecular formula is C12H14ClN3S. The first-order valence-electron chi connectivity index (χ1n) is 5.40. The second kappa shape index (κ2) is 5.58. The molecule has 1 atom stereocenters. The van der Waals surface area contributed by atoms with Crippen LogP contribution in [0.3, 0.4) is 0 Å². The summed E-state index contributed by atoms with van der Waals surface area (Å²) in [5.74, 6) is 0. The first-order valence-corrected chi connectivity index (χ1v) is 6.66. The molecule has 3 nitrogen and oxygen atoms in total. The molecule has 2 aromatic rings. The Morgan fingerprint density at radius 2 is 2.24 bits per heavy atom. The molecule has 0 spiro atoms. The van der Waals surface area contributed by atoms with Crippen LogP contribution in [-0.4, -0.2) is 9.97 Å². The van der Waals surface area contributed by atoms with Gasteiger partial charge in [0.1, 0.15) is 0 Å². The van der Waals surface area contributed by atoms with Crippen molar-refractivity contribution >= 4 is 22.9 Å². The lowest BCUT2D eigenvalue weighted by molar-refractivity contribution is 0.567. The number of rotatable bonds is 4. The Kier molecular flexibility index (Phi) is 4.10. The van der Waals surface area contributed by atoms with E-state index >= 15 is 0 Å². The highest BCUT2D eigenvalue weighted by atomic mass is 35.5. The first-order chi connectivity index (χ1) is 8.15. The van der Waals surface area contributed by atoms with E-state index in [4.69, 9.17) is 11.6 Å². The van der Waals surface area contributed by atoms with Crippen LogP contribution in [0.25, 0.3) is 0 Å². The number of aromatic nitrogens is 2. The largest absolute Gasteiger partial charge is 0.304 e. The molecule has 0 saturated heterocycles. The van der Waals surface area contributed by atoms with Crippen molar-refractivity contribution in [2.24, 2.45) is 0 Å². The predicted molar refractivity (Wildman–Crippen MR) is 71.4 cm³/mol. The van der Waals surface area contributed by atoms with Gasteiger partial charge in [-0.2, -0.15) is 0 Å². The van der Waals surface area contributed by atoms with Crippen molar-refractivity contribution in [1.82, 2.24) is 15.3 Å². The third-order valence-corrected chi connectivity index (χ3v) is 3.62. The molecule has 1 unspecified atom stereocenters. The van der Waals surface area contributed by atoms with Crippen LogP contribution in [-0.2, 0) is 6.54 Å². The molecule has 0 aliphatic heterocycles. The Morgan fingerprint density at radius 3 is 2.82 bits per heavy atom. The molecule has 5 heteroatoms. The summed E-state index contributed by atoms with van der Waals surface area (Å²) in [4.78, 5) is 8.51. The van der Waals surface area contributed by atoms with Crippen molar-refractivity contribution in [2.45, 2.75) is 26.4 Å². The zero-order valence-electron chi connectivity index (χ0n) is 9.77. The quantitative estimate of drug-likeness (QED) is 0.923. The second-order valence-electron chi connectivity index (χ2n) is 3.94. The lowest BCUT2D eigenvalue weighted by Gasteiger charge is -2.11. The normalized spacial score (nSPS) is 12.6. The van der Waals surface area contributed by atoms with Gasteiger partial charge in [0.25, 0.3) is 0 Å². The topological polar surface area (TPSA) is 37.8 Å². The van der Waals surface area contributed by atoms with Crippen LogP contribution >= 0.6 is 22.9 Å². The van der Waals surface area contributed by atoms with Crippen LogP contribution in [0.15, 0.2) is 23.8 Å². The summed E-state index contributed by atoms with van der Waals surface area (Å²) in [6, 6.07) is 2.26. The Hall–Kier alpha value is -0.970. The Balaban J connectivity index is 1.92. The molecule has 2 aromatic heterocycles. The third-order valence-electron chi connectivity index (χ3n) is 2.51. The standard InChI is InChI=1S/C12H14ClN3S/c1-8-4-16-11(5-14-8)6-15-9(2)10-3-12(13)17-7-10/h3-5,7,9,15H,6H2,1-2H3. The number of nitrogens with one attached hydrogen (secondary N) is 1. The van der Waals surface area contributed by atoms with Gasteiger partial charge in [-0.25, -0.2) is 0 Å². The number of aryl methyl sites for hydroxylation is 1. The molecule has 90 valence electrons. The average Bonchev–Trinajstić information content (AvgIpc) is 2.75. The van der Waals surface area contributed by atoms with Crippen LogP contribution in [0.5, 0.6) is 0 Å². The van der Waals surface area contributed by atoms with Gasteiger partial charge >= 0.3 is 0 Å². The van der Waals surface area contributed by atoms with Gasteiger partial charge in [-0.1, -0.05) is 11.6 Å². The third kappa shape index (κ3) is 3.49. The van der Waals surface area contributed by atoms with Gasteiger partial charge in [-0.15, -0.1) is 11.3 Å². The second-order valence-corrected chi connectivity index (χ2v) is 5.48. The smallest absolute Gasteiger partial charge is 0.0931 e. The van der Waals surface area contributed by atoms with Crippen molar-refractivity contribution < 1.29 is 0 Å². The fourth-order valence-electron chi connectivity index (χ4n) is 1.44. The van der Waals surface area contributed by atoms with Crippen molar-refractivity contribution in [1.29, 1.82) is 0 Å². The maximum absolute atomic E-state index is 5.91. The van der Waals surface area contributed by atoms with E-state index in [9.17, 15) is 0 Å². The molecule has 0 radical (unpaired) electrons. The lowest BCUT2D eigenvalue weighted by Crippen LogP contribution is -2.18. The Labute approximate surface area is 110 Å². The van der Waals surface area contributed by atoms with E-state index in [1.165, 1.54) is 5.56 Å². The summed E-state index contributed by atoms with van der Waals surface area (Å²) < 4.78 is 0.823. The molecule has 0 bridgehead atoms. The summed E-state index contributed by atoms with van der Waals surface area (Å²) in [7, 11) is 0. The molecular weight excluding hydrogens is 254 g/mol. The molecule has 2 rings (SSSR count). The van der Waals surface area contributed by atoms with Crippen molar-refractivity contribution in [3.63, 3.8) is 0 Å². The first kappa shape index (κ1) is 12.5. The maximum atomic E-state index is 5.91. The average molecular weight is 268 g/mol. The molecule has 1 N–H and O–H groups in total. The minimum absolute atomic E-state index is 0.266. The van der Waals surface area contributed by atoms with Gasteiger partial charge < -0.3 is 5.32 Å². The zero-order valence-corrected chi connectivity index (χ0v) is 11.3. The molecule has 0 saturated carbocycles. The van der Waals surface area contributed by atoms with E-state index in [0.29, 0.717) is 6.54 Å². The molecule has 17 heavy (non-hydrogen) atoms. The Bertz CT molecular complexity index is 481. The van der Waals surface area contributed by atoms with Crippen LogP contribution in [0, 0.1) is 6.92 Å². The monoisotopic (exact) mass is 267 g/mol. The molecule has 0 aliphatic carbocycles.